The molecule has 1 rings (SSSR count). The second-order valence-corrected chi connectivity index (χ2v) is 5.83. The summed E-state index contributed by atoms with van der Waals surface area (Å²) >= 11 is 0. The second-order valence-electron chi connectivity index (χ2n) is 5.83. The minimum atomic E-state index is 0.216. The van der Waals surface area contributed by atoms with Crippen LogP contribution >= 0.6 is 0 Å². The summed E-state index contributed by atoms with van der Waals surface area (Å²) in [5.74, 6) is 0. The van der Waals surface area contributed by atoms with Gasteiger partial charge in [-0.15, -0.1) is 0 Å². The highest BCUT2D eigenvalue weighted by atomic mass is 16.5. The largest absolute Gasteiger partial charge is 0.380 e. The van der Waals surface area contributed by atoms with Gasteiger partial charge >= 0.3 is 0 Å². The van der Waals surface area contributed by atoms with Gasteiger partial charge in [0.25, 0.3) is 0 Å². The van der Waals surface area contributed by atoms with Gasteiger partial charge in [-0.2, -0.15) is 0 Å². The van der Waals surface area contributed by atoms with E-state index in [1.807, 2.05) is 7.11 Å². The van der Waals surface area contributed by atoms with E-state index < -0.39 is 0 Å². The van der Waals surface area contributed by atoms with Gasteiger partial charge in [-0.25, -0.2) is 0 Å². The van der Waals surface area contributed by atoms with Gasteiger partial charge in [0, 0.05) is 38.3 Å². The molecule has 0 bridgehead atoms. The van der Waals surface area contributed by atoms with Crippen LogP contribution in [0.25, 0.3) is 0 Å². The Labute approximate surface area is 101 Å². The number of rotatable bonds is 5. The van der Waals surface area contributed by atoms with Crippen LogP contribution in [0.2, 0.25) is 0 Å². The standard InChI is InChI=1S/C13H28N2O/c1-6-11(9-14-13(2,3)4)15-8-7-12(10-15)16-5/h11-12,14H,6-10H2,1-5H3. The van der Waals surface area contributed by atoms with E-state index in [2.05, 4.69) is 37.9 Å². The van der Waals surface area contributed by atoms with E-state index in [4.69, 9.17) is 4.74 Å². The summed E-state index contributed by atoms with van der Waals surface area (Å²) < 4.78 is 5.42. The van der Waals surface area contributed by atoms with E-state index in [-0.39, 0.29) is 5.54 Å². The number of hydrogen-bond acceptors (Lipinski definition) is 3. The summed E-state index contributed by atoms with van der Waals surface area (Å²) in [6.45, 7) is 12.3. The maximum Gasteiger partial charge on any atom is 0.0710 e. The van der Waals surface area contributed by atoms with Gasteiger partial charge in [0.05, 0.1) is 6.10 Å². The molecule has 16 heavy (non-hydrogen) atoms. The maximum atomic E-state index is 5.42. The normalized spacial score (nSPS) is 24.9. The van der Waals surface area contributed by atoms with Crippen LogP contribution in [0.5, 0.6) is 0 Å². The van der Waals surface area contributed by atoms with Crippen LogP contribution < -0.4 is 5.32 Å². The van der Waals surface area contributed by atoms with E-state index in [9.17, 15) is 0 Å². The summed E-state index contributed by atoms with van der Waals surface area (Å²) in [7, 11) is 1.82. The summed E-state index contributed by atoms with van der Waals surface area (Å²) in [5, 5.41) is 3.60. The highest BCUT2D eigenvalue weighted by Gasteiger charge is 2.27. The zero-order valence-corrected chi connectivity index (χ0v) is 11.5. The Morgan fingerprint density at radius 3 is 2.56 bits per heavy atom. The lowest BCUT2D eigenvalue weighted by molar-refractivity contribution is 0.0992. The predicted octanol–water partition coefficient (Wildman–Crippen LogP) is 1.87. The number of nitrogens with zero attached hydrogens (tertiary/aromatic N) is 1. The fraction of sp³-hybridized carbons (Fsp3) is 1.00. The average molecular weight is 228 g/mol. The number of likely N-dealkylation sites (tertiary alicyclic amines) is 1. The maximum absolute atomic E-state index is 5.42. The molecule has 0 spiro atoms. The number of hydrogen-bond donors (Lipinski definition) is 1. The molecule has 2 atom stereocenters. The number of methoxy groups -OCH3 is 1. The van der Waals surface area contributed by atoms with Crippen molar-refractivity contribution in [1.82, 2.24) is 10.2 Å². The third kappa shape index (κ3) is 4.40. The van der Waals surface area contributed by atoms with Crippen molar-refractivity contribution in [2.45, 2.75) is 58.2 Å². The Kier molecular flexibility index (Phi) is 5.22. The van der Waals surface area contributed by atoms with E-state index in [1.54, 1.807) is 0 Å². The van der Waals surface area contributed by atoms with Crippen LogP contribution in [0.4, 0.5) is 0 Å². The molecule has 1 saturated heterocycles. The first-order chi connectivity index (χ1) is 7.46. The van der Waals surface area contributed by atoms with E-state index in [0.717, 1.165) is 13.1 Å². The molecule has 0 aromatic carbocycles. The first-order valence-corrected chi connectivity index (χ1v) is 6.48. The smallest absolute Gasteiger partial charge is 0.0710 e. The van der Waals surface area contributed by atoms with Gasteiger partial charge < -0.3 is 10.1 Å². The molecule has 2 unspecified atom stereocenters. The van der Waals surface area contributed by atoms with Crippen LogP contribution in [-0.2, 0) is 4.74 Å². The Bertz CT molecular complexity index is 201. The summed E-state index contributed by atoms with van der Waals surface area (Å²) in [5.41, 5.74) is 0.216. The molecular weight excluding hydrogens is 200 g/mol. The van der Waals surface area contributed by atoms with Gasteiger partial charge in [-0.05, 0) is 33.6 Å². The zero-order chi connectivity index (χ0) is 12.2. The molecule has 0 radical (unpaired) electrons. The predicted molar refractivity (Wildman–Crippen MR) is 68.8 cm³/mol. The average Bonchev–Trinajstić information content (AvgIpc) is 2.65. The minimum absolute atomic E-state index is 0.216. The second kappa shape index (κ2) is 5.99. The van der Waals surface area contributed by atoms with Crippen LogP contribution in [0, 0.1) is 0 Å². The molecule has 0 aromatic heterocycles. The third-order valence-corrected chi connectivity index (χ3v) is 3.37. The Morgan fingerprint density at radius 2 is 2.12 bits per heavy atom. The third-order valence-electron chi connectivity index (χ3n) is 3.37. The molecule has 3 nitrogen and oxygen atoms in total. The molecule has 1 N–H and O–H groups in total. The fourth-order valence-corrected chi connectivity index (χ4v) is 2.23. The molecule has 0 aromatic rings. The van der Waals surface area contributed by atoms with Gasteiger partial charge in [-0.3, -0.25) is 4.90 Å². The van der Waals surface area contributed by atoms with Gasteiger partial charge in [0.2, 0.25) is 0 Å². The Hall–Kier alpha value is -0.120. The molecule has 1 aliphatic heterocycles. The highest BCUT2D eigenvalue weighted by molar-refractivity contribution is 4.84. The quantitative estimate of drug-likeness (QED) is 0.777. The molecule has 1 fully saturated rings. The lowest BCUT2D eigenvalue weighted by Crippen LogP contribution is -2.47. The van der Waals surface area contributed by atoms with Crippen molar-refractivity contribution >= 4 is 0 Å². The van der Waals surface area contributed by atoms with E-state index >= 15 is 0 Å². The van der Waals surface area contributed by atoms with E-state index in [1.165, 1.54) is 19.4 Å². The van der Waals surface area contributed by atoms with Gasteiger partial charge in [-0.1, -0.05) is 6.92 Å². The lowest BCUT2D eigenvalue weighted by Gasteiger charge is -2.30. The molecule has 0 amide bonds. The monoisotopic (exact) mass is 228 g/mol. The molecule has 96 valence electrons. The van der Waals surface area contributed by atoms with Crippen molar-refractivity contribution in [1.29, 1.82) is 0 Å². The van der Waals surface area contributed by atoms with Crippen LogP contribution in [0.3, 0.4) is 0 Å². The number of nitrogens with one attached hydrogen (secondary N) is 1. The topological polar surface area (TPSA) is 24.5 Å². The summed E-state index contributed by atoms with van der Waals surface area (Å²) in [6, 6.07) is 0.652. The van der Waals surface area contributed by atoms with Crippen molar-refractivity contribution in [2.75, 3.05) is 26.7 Å². The van der Waals surface area contributed by atoms with Crippen molar-refractivity contribution in [2.24, 2.45) is 0 Å². The van der Waals surface area contributed by atoms with Crippen molar-refractivity contribution in [3.05, 3.63) is 0 Å². The summed E-state index contributed by atoms with van der Waals surface area (Å²) in [6.07, 6.45) is 2.84. The molecule has 1 heterocycles. The Balaban J connectivity index is 2.37. The van der Waals surface area contributed by atoms with E-state index in [0.29, 0.717) is 12.1 Å². The molecule has 1 aliphatic rings. The SMILES string of the molecule is CCC(CNC(C)(C)C)N1CCC(OC)C1. The van der Waals surface area contributed by atoms with Crippen molar-refractivity contribution in [3.63, 3.8) is 0 Å². The number of ether oxygens (including phenoxy) is 1. The molecule has 3 heteroatoms. The fourth-order valence-electron chi connectivity index (χ4n) is 2.23. The Morgan fingerprint density at radius 1 is 1.44 bits per heavy atom. The molecular formula is C13H28N2O. The van der Waals surface area contributed by atoms with Crippen LogP contribution in [0.1, 0.15) is 40.5 Å². The van der Waals surface area contributed by atoms with Crippen molar-refractivity contribution in [3.8, 4) is 0 Å². The summed E-state index contributed by atoms with van der Waals surface area (Å²) in [4.78, 5) is 2.56. The molecule has 0 aliphatic carbocycles. The first-order valence-electron chi connectivity index (χ1n) is 6.48. The van der Waals surface area contributed by atoms with Crippen LogP contribution in [-0.4, -0.2) is 49.3 Å². The molecule has 0 saturated carbocycles. The highest BCUT2D eigenvalue weighted by Crippen LogP contribution is 2.16. The zero-order valence-electron chi connectivity index (χ0n) is 11.5. The minimum Gasteiger partial charge on any atom is -0.380 e. The van der Waals surface area contributed by atoms with Crippen molar-refractivity contribution < 1.29 is 4.74 Å². The van der Waals surface area contributed by atoms with Gasteiger partial charge in [0.15, 0.2) is 0 Å². The van der Waals surface area contributed by atoms with Crippen LogP contribution in [0.15, 0.2) is 0 Å². The lowest BCUT2D eigenvalue weighted by atomic mass is 10.1. The van der Waals surface area contributed by atoms with Gasteiger partial charge in [0.1, 0.15) is 0 Å². The first kappa shape index (κ1) is 13.9.